The molecule has 2 aliphatic heterocycles. The van der Waals surface area contributed by atoms with E-state index in [-0.39, 0.29) is 17.8 Å². The number of hydrogen-bond donors (Lipinski definition) is 1. The molecule has 4 aromatic rings. The summed E-state index contributed by atoms with van der Waals surface area (Å²) in [6.45, 7) is 6.31. The second-order valence-corrected chi connectivity index (χ2v) is 13.2. The van der Waals surface area contributed by atoms with Gasteiger partial charge in [-0.05, 0) is 75.8 Å². The normalized spacial score (nSPS) is 16.2. The van der Waals surface area contributed by atoms with Gasteiger partial charge in [0.15, 0.2) is 0 Å². The van der Waals surface area contributed by atoms with Gasteiger partial charge in [-0.1, -0.05) is 36.4 Å². The Labute approximate surface area is 288 Å². The number of carbonyl (C=O) groups is 3. The number of rotatable bonds is 11. The minimum atomic E-state index is -0.258. The predicted molar refractivity (Wildman–Crippen MR) is 189 cm³/mol. The number of primary amides is 1. The molecule has 0 atom stereocenters. The summed E-state index contributed by atoms with van der Waals surface area (Å²) in [5.74, 6) is 0.0452. The quantitative estimate of drug-likeness (QED) is 0.224. The summed E-state index contributed by atoms with van der Waals surface area (Å²) in [4.78, 5) is 40.3. The minimum Gasteiger partial charge on any atom is -0.462 e. The third kappa shape index (κ3) is 9.49. The van der Waals surface area contributed by atoms with Gasteiger partial charge in [-0.15, -0.1) is 0 Å². The first-order valence-electron chi connectivity index (χ1n) is 17.3. The van der Waals surface area contributed by atoms with Gasteiger partial charge in [-0.25, -0.2) is 9.59 Å². The highest BCUT2D eigenvalue weighted by atomic mass is 16.5. The summed E-state index contributed by atoms with van der Waals surface area (Å²) in [6.07, 6.45) is 8.66. The Morgan fingerprint density at radius 3 is 1.59 bits per heavy atom. The third-order valence-electron chi connectivity index (χ3n) is 9.76. The molecular formula is C38H48N6O5. The van der Waals surface area contributed by atoms with Gasteiger partial charge in [0.25, 0.3) is 0 Å². The van der Waals surface area contributed by atoms with Crippen LogP contribution in [0.15, 0.2) is 60.9 Å². The number of likely N-dealkylation sites (tertiary alicyclic amines) is 2. The van der Waals surface area contributed by atoms with Crippen molar-refractivity contribution >= 4 is 39.7 Å². The molecule has 2 aliphatic rings. The van der Waals surface area contributed by atoms with E-state index in [1.165, 1.54) is 0 Å². The molecule has 6 rings (SSSR count). The fourth-order valence-corrected chi connectivity index (χ4v) is 6.78. The van der Waals surface area contributed by atoms with E-state index in [2.05, 4.69) is 15.9 Å². The van der Waals surface area contributed by atoms with Crippen molar-refractivity contribution in [3.05, 3.63) is 72.1 Å². The van der Waals surface area contributed by atoms with Gasteiger partial charge >= 0.3 is 11.9 Å². The van der Waals surface area contributed by atoms with Crippen LogP contribution < -0.4 is 5.73 Å². The summed E-state index contributed by atoms with van der Waals surface area (Å²) in [5.41, 5.74) is 8.51. The van der Waals surface area contributed by atoms with Crippen LogP contribution in [0.2, 0.25) is 0 Å². The van der Waals surface area contributed by atoms with Crippen LogP contribution in [0.5, 0.6) is 0 Å². The number of para-hydroxylation sites is 2. The molecule has 0 saturated carbocycles. The standard InChI is InChI=1S/C19H25N3O3.C19H23N3O2/c1-21-12-16(15-4-2-3-5-17(15)21)19(24)25-13-14-6-9-22(10-7-14)11-8-18(20)23;1-21-13-17(16-5-2-3-6-18(16)21)19(23)24-14-15-7-11-22(12-8-15)10-4-9-20/h2-5,12,14H,6-11,13H2,1H3,(H2,20,23);2-3,5-6,13,15H,4,7-8,10-12,14H2,1H3. The number of benzene rings is 2. The van der Waals surface area contributed by atoms with Gasteiger partial charge < -0.3 is 34.1 Å². The molecule has 1 amide bonds. The van der Waals surface area contributed by atoms with Crippen LogP contribution in [0.4, 0.5) is 0 Å². The van der Waals surface area contributed by atoms with E-state index < -0.39 is 0 Å². The van der Waals surface area contributed by atoms with Crippen LogP contribution >= 0.6 is 0 Å². The van der Waals surface area contributed by atoms with E-state index in [1.807, 2.05) is 84.2 Å². The molecule has 0 unspecified atom stereocenters. The van der Waals surface area contributed by atoms with Crippen LogP contribution in [-0.4, -0.2) is 89.3 Å². The van der Waals surface area contributed by atoms with Crippen molar-refractivity contribution in [2.24, 2.45) is 31.7 Å². The van der Waals surface area contributed by atoms with Crippen LogP contribution in [0.1, 0.15) is 59.2 Å². The van der Waals surface area contributed by atoms with Crippen molar-refractivity contribution in [3.8, 4) is 6.07 Å². The van der Waals surface area contributed by atoms with Gasteiger partial charge in [-0.3, -0.25) is 4.79 Å². The van der Waals surface area contributed by atoms with Crippen molar-refractivity contribution in [3.63, 3.8) is 0 Å². The first kappa shape index (κ1) is 35.6. The zero-order valence-electron chi connectivity index (χ0n) is 28.7. The van der Waals surface area contributed by atoms with Crippen LogP contribution in [0.3, 0.4) is 0 Å². The molecule has 4 heterocycles. The average molecular weight is 669 g/mol. The molecule has 260 valence electrons. The molecule has 0 aliphatic carbocycles. The summed E-state index contributed by atoms with van der Waals surface area (Å²) in [5, 5.41) is 10.5. The van der Waals surface area contributed by atoms with Crippen molar-refractivity contribution in [1.82, 2.24) is 18.9 Å². The smallest absolute Gasteiger partial charge is 0.340 e. The van der Waals surface area contributed by atoms with E-state index in [9.17, 15) is 14.4 Å². The average Bonchev–Trinajstić information content (AvgIpc) is 3.65. The number of hydrogen-bond acceptors (Lipinski definition) is 8. The topological polar surface area (TPSA) is 136 Å². The molecular weight excluding hydrogens is 620 g/mol. The lowest BCUT2D eigenvalue weighted by Crippen LogP contribution is -2.37. The molecule has 11 nitrogen and oxygen atoms in total. The number of aromatic nitrogens is 2. The molecule has 2 aromatic heterocycles. The zero-order valence-corrected chi connectivity index (χ0v) is 28.7. The lowest BCUT2D eigenvalue weighted by molar-refractivity contribution is -0.118. The zero-order chi connectivity index (χ0) is 34.8. The van der Waals surface area contributed by atoms with E-state index in [4.69, 9.17) is 20.5 Å². The number of ether oxygens (including phenoxy) is 2. The lowest BCUT2D eigenvalue weighted by atomic mass is 9.97. The van der Waals surface area contributed by atoms with E-state index in [0.717, 1.165) is 86.8 Å². The second kappa shape index (κ2) is 17.1. The molecule has 0 radical (unpaired) electrons. The fraction of sp³-hybridized carbons (Fsp3) is 0.474. The van der Waals surface area contributed by atoms with Gasteiger partial charge in [0.2, 0.25) is 5.91 Å². The molecule has 2 aromatic carbocycles. The molecule has 11 heteroatoms. The van der Waals surface area contributed by atoms with Gasteiger partial charge in [-0.2, -0.15) is 5.26 Å². The van der Waals surface area contributed by atoms with Gasteiger partial charge in [0.1, 0.15) is 0 Å². The molecule has 49 heavy (non-hydrogen) atoms. The van der Waals surface area contributed by atoms with Crippen LogP contribution in [0.25, 0.3) is 21.8 Å². The lowest BCUT2D eigenvalue weighted by Gasteiger charge is -2.31. The molecule has 2 fully saturated rings. The molecule has 2 N–H and O–H groups in total. The maximum Gasteiger partial charge on any atom is 0.340 e. The minimum absolute atomic E-state index is 0.237. The number of amides is 1. The highest BCUT2D eigenvalue weighted by Gasteiger charge is 2.23. The summed E-state index contributed by atoms with van der Waals surface area (Å²) in [7, 11) is 3.87. The second-order valence-electron chi connectivity index (χ2n) is 13.2. The summed E-state index contributed by atoms with van der Waals surface area (Å²) >= 11 is 0. The van der Waals surface area contributed by atoms with Crippen molar-refractivity contribution in [2.75, 3.05) is 52.5 Å². The fourth-order valence-electron chi connectivity index (χ4n) is 6.78. The number of esters is 2. The maximum atomic E-state index is 12.5. The molecule has 0 bridgehead atoms. The Bertz CT molecular complexity index is 1770. The number of nitrogens with two attached hydrogens (primary N) is 1. The highest BCUT2D eigenvalue weighted by Crippen LogP contribution is 2.24. The molecule has 0 spiro atoms. The summed E-state index contributed by atoms with van der Waals surface area (Å²) in [6, 6.07) is 17.9. The SMILES string of the molecule is Cn1cc(C(=O)OCC2CCN(CCC#N)CC2)c2ccccc21.Cn1cc(C(=O)OCC2CCN(CCC(N)=O)CC2)c2ccccc21. The van der Waals surface area contributed by atoms with Crippen molar-refractivity contribution in [2.45, 2.75) is 38.5 Å². The first-order valence-corrected chi connectivity index (χ1v) is 17.3. The number of carbonyl (C=O) groups excluding carboxylic acids is 3. The van der Waals surface area contributed by atoms with Gasteiger partial charge in [0, 0.05) is 74.2 Å². The third-order valence-corrected chi connectivity index (χ3v) is 9.76. The Hall–Kier alpha value is -4.66. The Morgan fingerprint density at radius 2 is 1.16 bits per heavy atom. The van der Waals surface area contributed by atoms with Crippen molar-refractivity contribution < 1.29 is 23.9 Å². The predicted octanol–water partition coefficient (Wildman–Crippen LogP) is 4.88. The van der Waals surface area contributed by atoms with Crippen molar-refractivity contribution in [1.29, 1.82) is 5.26 Å². The summed E-state index contributed by atoms with van der Waals surface area (Å²) < 4.78 is 15.1. The van der Waals surface area contributed by atoms with E-state index in [0.29, 0.717) is 49.0 Å². The van der Waals surface area contributed by atoms with E-state index >= 15 is 0 Å². The number of aryl methyl sites for hydroxylation is 2. The highest BCUT2D eigenvalue weighted by molar-refractivity contribution is 6.05. The van der Waals surface area contributed by atoms with E-state index in [1.54, 1.807) is 0 Å². The monoisotopic (exact) mass is 668 g/mol. The number of nitrogens with zero attached hydrogens (tertiary/aromatic N) is 5. The number of nitriles is 1. The molecule has 2 saturated heterocycles. The van der Waals surface area contributed by atoms with Crippen LogP contribution in [0, 0.1) is 23.2 Å². The van der Waals surface area contributed by atoms with Crippen LogP contribution in [-0.2, 0) is 28.4 Å². The maximum absolute atomic E-state index is 12.5. The first-order chi connectivity index (χ1) is 23.7. The van der Waals surface area contributed by atoms with Gasteiger partial charge in [0.05, 0.1) is 30.4 Å². The number of piperidine rings is 2. The largest absolute Gasteiger partial charge is 0.462 e. The Kier molecular flexibility index (Phi) is 12.5. The Morgan fingerprint density at radius 1 is 0.735 bits per heavy atom. The number of fused-ring (bicyclic) bond motifs is 2. The Balaban J connectivity index is 0.000000191.